The van der Waals surface area contributed by atoms with Gasteiger partial charge in [-0.25, -0.2) is 4.98 Å². The van der Waals surface area contributed by atoms with E-state index in [1.54, 1.807) is 0 Å². The van der Waals surface area contributed by atoms with Crippen LogP contribution in [-0.2, 0) is 0 Å². The number of nitrogens with zero attached hydrogens (tertiary/aromatic N) is 3. The van der Waals surface area contributed by atoms with E-state index >= 15 is 0 Å². The van der Waals surface area contributed by atoms with Crippen LogP contribution < -0.4 is 0 Å². The van der Waals surface area contributed by atoms with Gasteiger partial charge in [-0.2, -0.15) is 9.97 Å². The lowest BCUT2D eigenvalue weighted by Crippen LogP contribution is -1.97. The third-order valence-electron chi connectivity index (χ3n) is 5.26. The molecule has 30 heavy (non-hydrogen) atoms. The van der Waals surface area contributed by atoms with Crippen molar-refractivity contribution in [3.05, 3.63) is 90.2 Å². The van der Waals surface area contributed by atoms with Crippen LogP contribution in [0, 0.1) is 0 Å². The number of furan rings is 1. The van der Waals surface area contributed by atoms with E-state index in [-0.39, 0.29) is 5.28 Å². The van der Waals surface area contributed by atoms with E-state index < -0.39 is 0 Å². The van der Waals surface area contributed by atoms with E-state index in [1.807, 2.05) is 60.7 Å². The zero-order chi connectivity index (χ0) is 20.1. The Hall–Kier alpha value is -3.76. The smallest absolute Gasteiger partial charge is 0.226 e. The van der Waals surface area contributed by atoms with E-state index in [1.165, 1.54) is 5.39 Å². The summed E-state index contributed by atoms with van der Waals surface area (Å²) in [5, 5.41) is 4.61. The van der Waals surface area contributed by atoms with Crippen molar-refractivity contribution >= 4 is 44.3 Å². The van der Waals surface area contributed by atoms with Crippen LogP contribution >= 0.6 is 11.6 Å². The molecule has 0 amide bonds. The molecule has 0 N–H and O–H groups in total. The fourth-order valence-corrected chi connectivity index (χ4v) is 4.04. The van der Waals surface area contributed by atoms with Crippen LogP contribution in [0.5, 0.6) is 0 Å². The van der Waals surface area contributed by atoms with Gasteiger partial charge in [0, 0.05) is 21.9 Å². The lowest BCUT2D eigenvalue weighted by atomic mass is 10.0. The van der Waals surface area contributed by atoms with Gasteiger partial charge in [-0.15, -0.1) is 0 Å². The average molecular weight is 408 g/mol. The molecule has 0 spiro atoms. The Morgan fingerprint density at radius 1 is 0.600 bits per heavy atom. The number of rotatable bonds is 2. The monoisotopic (exact) mass is 407 g/mol. The first-order chi connectivity index (χ1) is 14.8. The first kappa shape index (κ1) is 17.1. The lowest BCUT2D eigenvalue weighted by molar-refractivity contribution is 0.669. The van der Waals surface area contributed by atoms with Crippen molar-refractivity contribution in [1.82, 2.24) is 15.0 Å². The summed E-state index contributed by atoms with van der Waals surface area (Å²) >= 11 is 6.24. The molecule has 4 nitrogen and oxygen atoms in total. The summed E-state index contributed by atoms with van der Waals surface area (Å²) in [6.07, 6.45) is 0. The zero-order valence-electron chi connectivity index (χ0n) is 15.7. The fourth-order valence-electron chi connectivity index (χ4n) is 3.88. The van der Waals surface area contributed by atoms with Crippen molar-refractivity contribution in [3.63, 3.8) is 0 Å². The van der Waals surface area contributed by atoms with E-state index in [0.717, 1.165) is 38.5 Å². The predicted octanol–water partition coefficient (Wildman–Crippen LogP) is 6.91. The molecule has 2 heterocycles. The summed E-state index contributed by atoms with van der Waals surface area (Å²) < 4.78 is 6.09. The third kappa shape index (κ3) is 2.73. The van der Waals surface area contributed by atoms with Gasteiger partial charge >= 0.3 is 0 Å². The molecule has 6 rings (SSSR count). The van der Waals surface area contributed by atoms with Gasteiger partial charge in [0.1, 0.15) is 11.2 Å². The maximum atomic E-state index is 6.24. The molecule has 0 atom stereocenters. The highest BCUT2D eigenvalue weighted by molar-refractivity contribution is 6.28. The van der Waals surface area contributed by atoms with Crippen molar-refractivity contribution in [2.24, 2.45) is 0 Å². The maximum absolute atomic E-state index is 6.24. The number of fused-ring (bicyclic) bond motifs is 5. The quantitative estimate of drug-likeness (QED) is 0.313. The van der Waals surface area contributed by atoms with E-state index in [9.17, 15) is 0 Å². The van der Waals surface area contributed by atoms with Crippen molar-refractivity contribution in [2.45, 2.75) is 0 Å². The molecular weight excluding hydrogens is 394 g/mol. The minimum absolute atomic E-state index is 0.168. The molecule has 0 radical (unpaired) electrons. The molecule has 0 saturated heterocycles. The molecule has 0 fully saturated rings. The highest BCUT2D eigenvalue weighted by Crippen LogP contribution is 2.36. The number of benzene rings is 4. The molecule has 0 aliphatic rings. The second-order valence-electron chi connectivity index (χ2n) is 7.09. The van der Waals surface area contributed by atoms with Crippen LogP contribution in [-0.4, -0.2) is 15.0 Å². The van der Waals surface area contributed by atoms with Gasteiger partial charge in [0.05, 0.1) is 0 Å². The molecule has 0 saturated carbocycles. The summed E-state index contributed by atoms with van der Waals surface area (Å²) in [5.74, 6) is 1.08. The highest BCUT2D eigenvalue weighted by Gasteiger charge is 2.14. The van der Waals surface area contributed by atoms with Gasteiger partial charge in [-0.1, -0.05) is 60.7 Å². The van der Waals surface area contributed by atoms with Gasteiger partial charge < -0.3 is 4.42 Å². The Morgan fingerprint density at radius 3 is 2.20 bits per heavy atom. The second-order valence-corrected chi connectivity index (χ2v) is 7.43. The van der Waals surface area contributed by atoms with Gasteiger partial charge in [0.15, 0.2) is 11.6 Å². The number of hydrogen-bond acceptors (Lipinski definition) is 4. The van der Waals surface area contributed by atoms with Gasteiger partial charge in [-0.05, 0) is 46.6 Å². The second kappa shape index (κ2) is 6.65. The van der Waals surface area contributed by atoms with Gasteiger partial charge in [0.2, 0.25) is 5.28 Å². The number of aromatic nitrogens is 3. The minimum Gasteiger partial charge on any atom is -0.456 e. The van der Waals surface area contributed by atoms with Crippen LogP contribution in [0.3, 0.4) is 0 Å². The average Bonchev–Trinajstić information content (AvgIpc) is 3.17. The predicted molar refractivity (Wildman–Crippen MR) is 120 cm³/mol. The molecule has 142 valence electrons. The molecular formula is C25H14ClN3O. The molecule has 4 aromatic carbocycles. The first-order valence-corrected chi connectivity index (χ1v) is 9.95. The standard InChI is InChI=1S/C25H14ClN3O/c26-25-28-23(16-7-2-1-3-8-16)27-24(29-25)17-11-12-20-19(14-17)22-18-9-5-4-6-15(18)10-13-21(22)30-20/h1-14H. The van der Waals surface area contributed by atoms with Crippen LogP contribution in [0.1, 0.15) is 0 Å². The van der Waals surface area contributed by atoms with Crippen LogP contribution in [0.15, 0.2) is 89.3 Å². The first-order valence-electron chi connectivity index (χ1n) is 9.58. The van der Waals surface area contributed by atoms with Crippen LogP contribution in [0.25, 0.3) is 55.5 Å². The topological polar surface area (TPSA) is 51.8 Å². The summed E-state index contributed by atoms with van der Waals surface area (Å²) in [7, 11) is 0. The molecule has 6 aromatic rings. The largest absolute Gasteiger partial charge is 0.456 e. The van der Waals surface area contributed by atoms with Gasteiger partial charge in [-0.3, -0.25) is 0 Å². The maximum Gasteiger partial charge on any atom is 0.226 e. The van der Waals surface area contributed by atoms with Crippen molar-refractivity contribution in [3.8, 4) is 22.8 Å². The minimum atomic E-state index is 0.168. The fraction of sp³-hybridized carbons (Fsp3) is 0. The normalized spacial score (nSPS) is 11.5. The van der Waals surface area contributed by atoms with E-state index in [0.29, 0.717) is 11.6 Å². The van der Waals surface area contributed by atoms with E-state index in [2.05, 4.69) is 39.2 Å². The summed E-state index contributed by atoms with van der Waals surface area (Å²) in [4.78, 5) is 13.3. The Bertz CT molecular complexity index is 1560. The summed E-state index contributed by atoms with van der Waals surface area (Å²) in [5.41, 5.74) is 3.44. The number of hydrogen-bond donors (Lipinski definition) is 0. The van der Waals surface area contributed by atoms with Crippen LogP contribution in [0.4, 0.5) is 0 Å². The zero-order valence-corrected chi connectivity index (χ0v) is 16.5. The Morgan fingerprint density at radius 2 is 1.33 bits per heavy atom. The summed E-state index contributed by atoms with van der Waals surface area (Å²) in [6, 6.07) is 28.1. The Labute approximate surface area is 176 Å². The number of halogens is 1. The molecule has 5 heteroatoms. The molecule has 0 aliphatic carbocycles. The van der Waals surface area contributed by atoms with Crippen molar-refractivity contribution < 1.29 is 4.42 Å². The Kier molecular flexibility index (Phi) is 3.79. The molecule has 0 bridgehead atoms. The summed E-state index contributed by atoms with van der Waals surface area (Å²) in [6.45, 7) is 0. The van der Waals surface area contributed by atoms with Crippen LogP contribution in [0.2, 0.25) is 5.28 Å². The molecule has 0 aliphatic heterocycles. The molecule has 0 unspecified atom stereocenters. The van der Waals surface area contributed by atoms with Gasteiger partial charge in [0.25, 0.3) is 0 Å². The third-order valence-corrected chi connectivity index (χ3v) is 5.43. The Balaban J connectivity index is 1.59. The lowest BCUT2D eigenvalue weighted by Gasteiger charge is -2.05. The van der Waals surface area contributed by atoms with Crippen molar-refractivity contribution in [1.29, 1.82) is 0 Å². The van der Waals surface area contributed by atoms with E-state index in [4.69, 9.17) is 16.0 Å². The van der Waals surface area contributed by atoms with Crippen molar-refractivity contribution in [2.75, 3.05) is 0 Å². The highest BCUT2D eigenvalue weighted by atomic mass is 35.5. The molecule has 2 aromatic heterocycles. The SMILES string of the molecule is Clc1nc(-c2ccccc2)nc(-c2ccc3oc4ccc5ccccc5c4c3c2)n1.